The topological polar surface area (TPSA) is 51.2 Å². The van der Waals surface area contributed by atoms with Crippen molar-refractivity contribution in [2.24, 2.45) is 0 Å². The van der Waals surface area contributed by atoms with E-state index < -0.39 is 6.36 Å². The zero-order valence-electron chi connectivity index (χ0n) is 10.7. The van der Waals surface area contributed by atoms with E-state index >= 15 is 0 Å². The summed E-state index contributed by atoms with van der Waals surface area (Å²) in [6.45, 7) is 0.308. The molecule has 0 aliphatic heterocycles. The van der Waals surface area contributed by atoms with Crippen LogP contribution in [0.3, 0.4) is 0 Å². The Morgan fingerprint density at radius 1 is 1.10 bits per heavy atom. The Morgan fingerprint density at radius 3 is 2.29 bits per heavy atom. The van der Waals surface area contributed by atoms with Crippen LogP contribution >= 0.6 is 0 Å². The highest BCUT2D eigenvalue weighted by atomic mass is 19.4. The first-order valence-electron chi connectivity index (χ1n) is 5.97. The third-order valence-corrected chi connectivity index (χ3v) is 2.55. The molecule has 1 amide bonds. The molecule has 21 heavy (non-hydrogen) atoms. The van der Waals surface area contributed by atoms with E-state index in [2.05, 4.69) is 15.0 Å². The van der Waals surface area contributed by atoms with Gasteiger partial charge in [0, 0.05) is 24.5 Å². The van der Waals surface area contributed by atoms with E-state index in [9.17, 15) is 18.0 Å². The number of alkyl halides is 3. The van der Waals surface area contributed by atoms with Gasteiger partial charge in [0.25, 0.3) is 5.91 Å². The van der Waals surface area contributed by atoms with E-state index in [1.165, 1.54) is 12.1 Å². The molecule has 110 valence electrons. The summed E-state index contributed by atoms with van der Waals surface area (Å²) < 4.78 is 39.7. The zero-order valence-corrected chi connectivity index (χ0v) is 10.7. The Bertz CT molecular complexity index is 598. The molecule has 0 fully saturated rings. The van der Waals surface area contributed by atoms with Gasteiger partial charge in [-0.2, -0.15) is 0 Å². The number of halogens is 3. The summed E-state index contributed by atoms with van der Waals surface area (Å²) in [5.74, 6) is -0.751. The van der Waals surface area contributed by atoms with Crippen LogP contribution in [-0.4, -0.2) is 17.3 Å². The fourth-order valence-electron chi connectivity index (χ4n) is 1.59. The van der Waals surface area contributed by atoms with E-state index in [1.807, 2.05) is 0 Å². The normalized spacial score (nSPS) is 11.0. The Hall–Kier alpha value is -2.57. The molecule has 0 saturated carbocycles. The van der Waals surface area contributed by atoms with Gasteiger partial charge in [-0.25, -0.2) is 0 Å². The van der Waals surface area contributed by atoms with Crippen molar-refractivity contribution in [2.75, 3.05) is 0 Å². The zero-order chi connectivity index (χ0) is 15.3. The molecule has 1 N–H and O–H groups in total. The molecule has 0 bridgehead atoms. The third-order valence-electron chi connectivity index (χ3n) is 2.55. The quantitative estimate of drug-likeness (QED) is 0.943. The van der Waals surface area contributed by atoms with Crippen LogP contribution < -0.4 is 10.1 Å². The Balaban J connectivity index is 1.94. The fraction of sp³-hybridized carbons (Fsp3) is 0.143. The summed E-state index contributed by atoms with van der Waals surface area (Å²) in [7, 11) is 0. The third kappa shape index (κ3) is 4.79. The minimum atomic E-state index is -4.74. The highest BCUT2D eigenvalue weighted by Crippen LogP contribution is 2.22. The lowest BCUT2D eigenvalue weighted by Gasteiger charge is -2.09. The fourth-order valence-corrected chi connectivity index (χ4v) is 1.59. The Labute approximate surface area is 118 Å². The summed E-state index contributed by atoms with van der Waals surface area (Å²) in [5.41, 5.74) is 1.12. The largest absolute Gasteiger partial charge is 0.573 e. The van der Waals surface area contributed by atoms with Crippen LogP contribution in [0.4, 0.5) is 13.2 Å². The van der Waals surface area contributed by atoms with Gasteiger partial charge in [-0.15, -0.1) is 13.2 Å². The lowest BCUT2D eigenvalue weighted by atomic mass is 10.2. The number of pyridine rings is 1. The van der Waals surface area contributed by atoms with E-state index in [0.717, 1.165) is 17.7 Å². The first-order chi connectivity index (χ1) is 9.94. The number of hydrogen-bond acceptors (Lipinski definition) is 3. The molecular formula is C14H11F3N2O2. The van der Waals surface area contributed by atoms with E-state index in [0.29, 0.717) is 6.54 Å². The summed E-state index contributed by atoms with van der Waals surface area (Å²) in [4.78, 5) is 15.7. The number of benzene rings is 1. The van der Waals surface area contributed by atoms with Crippen molar-refractivity contribution >= 4 is 5.91 Å². The number of carbonyl (C=O) groups excluding carboxylic acids is 1. The maximum Gasteiger partial charge on any atom is 0.573 e. The Kier molecular flexibility index (Phi) is 4.42. The van der Waals surface area contributed by atoms with Crippen molar-refractivity contribution in [3.05, 3.63) is 59.9 Å². The molecule has 0 unspecified atom stereocenters. The van der Waals surface area contributed by atoms with Crippen molar-refractivity contribution in [2.45, 2.75) is 12.9 Å². The second-order valence-corrected chi connectivity index (χ2v) is 4.11. The maximum absolute atomic E-state index is 12.0. The second kappa shape index (κ2) is 6.25. The molecule has 0 spiro atoms. The summed E-state index contributed by atoms with van der Waals surface area (Å²) in [5, 5.41) is 2.65. The molecular weight excluding hydrogens is 285 g/mol. The van der Waals surface area contributed by atoms with Gasteiger partial charge in [-0.1, -0.05) is 0 Å². The Morgan fingerprint density at radius 2 is 1.71 bits per heavy atom. The number of hydrogen-bond donors (Lipinski definition) is 1. The first kappa shape index (κ1) is 14.8. The predicted octanol–water partition coefficient (Wildman–Crippen LogP) is 2.91. The van der Waals surface area contributed by atoms with Gasteiger partial charge < -0.3 is 10.1 Å². The van der Waals surface area contributed by atoms with Gasteiger partial charge in [0.05, 0.1) is 0 Å². The van der Waals surface area contributed by atoms with Crippen LogP contribution in [0.2, 0.25) is 0 Å². The molecule has 1 aromatic heterocycles. The predicted molar refractivity (Wildman–Crippen MR) is 68.5 cm³/mol. The number of carbonyl (C=O) groups is 1. The van der Waals surface area contributed by atoms with Gasteiger partial charge in [0.15, 0.2) is 0 Å². The molecule has 2 aromatic rings. The lowest BCUT2D eigenvalue weighted by Crippen LogP contribution is -2.22. The summed E-state index contributed by atoms with van der Waals surface area (Å²) in [6, 6.07) is 8.22. The average molecular weight is 296 g/mol. The van der Waals surface area contributed by atoms with Crippen molar-refractivity contribution in [1.82, 2.24) is 10.3 Å². The highest BCUT2D eigenvalue weighted by Gasteiger charge is 2.31. The van der Waals surface area contributed by atoms with Crippen LogP contribution in [0.5, 0.6) is 5.75 Å². The van der Waals surface area contributed by atoms with Crippen LogP contribution in [0, 0.1) is 0 Å². The summed E-state index contributed by atoms with van der Waals surface area (Å²) in [6.07, 6.45) is -1.54. The van der Waals surface area contributed by atoms with Crippen LogP contribution in [-0.2, 0) is 6.54 Å². The lowest BCUT2D eigenvalue weighted by molar-refractivity contribution is -0.274. The van der Waals surface area contributed by atoms with Gasteiger partial charge >= 0.3 is 6.36 Å². The number of nitrogens with zero attached hydrogens (tertiary/aromatic N) is 1. The van der Waals surface area contributed by atoms with Crippen LogP contribution in [0.15, 0.2) is 48.8 Å². The molecule has 0 aliphatic carbocycles. The second-order valence-electron chi connectivity index (χ2n) is 4.11. The molecule has 4 nitrogen and oxygen atoms in total. The van der Waals surface area contributed by atoms with E-state index in [4.69, 9.17) is 0 Å². The molecule has 0 saturated heterocycles. The first-order valence-corrected chi connectivity index (χ1v) is 5.97. The van der Waals surface area contributed by atoms with Crippen molar-refractivity contribution < 1.29 is 22.7 Å². The molecule has 2 rings (SSSR count). The van der Waals surface area contributed by atoms with E-state index in [-0.39, 0.29) is 17.2 Å². The van der Waals surface area contributed by atoms with Gasteiger partial charge in [0.2, 0.25) is 0 Å². The average Bonchev–Trinajstić information content (AvgIpc) is 2.45. The molecule has 1 aromatic carbocycles. The summed E-state index contributed by atoms with van der Waals surface area (Å²) >= 11 is 0. The number of rotatable bonds is 4. The van der Waals surface area contributed by atoms with Gasteiger partial charge in [0.1, 0.15) is 5.75 Å². The van der Waals surface area contributed by atoms with Crippen LogP contribution in [0.1, 0.15) is 15.9 Å². The highest BCUT2D eigenvalue weighted by molar-refractivity contribution is 5.94. The van der Waals surface area contributed by atoms with Crippen LogP contribution in [0.25, 0.3) is 0 Å². The molecule has 1 heterocycles. The van der Waals surface area contributed by atoms with Crippen molar-refractivity contribution in [3.8, 4) is 5.75 Å². The minimum absolute atomic E-state index is 0.249. The van der Waals surface area contributed by atoms with Crippen molar-refractivity contribution in [1.29, 1.82) is 0 Å². The number of ether oxygens (including phenoxy) is 1. The number of nitrogens with one attached hydrogen (secondary N) is 1. The molecule has 7 heteroatoms. The smallest absolute Gasteiger partial charge is 0.406 e. The molecule has 0 atom stereocenters. The standard InChI is InChI=1S/C14H11F3N2O2/c15-14(16,17)21-12-3-1-11(2-4-12)13(20)19-9-10-5-7-18-8-6-10/h1-8H,9H2,(H,19,20). The molecule has 0 aliphatic rings. The molecule has 0 radical (unpaired) electrons. The number of amides is 1. The van der Waals surface area contributed by atoms with Gasteiger partial charge in [-0.05, 0) is 42.0 Å². The van der Waals surface area contributed by atoms with E-state index in [1.54, 1.807) is 24.5 Å². The van der Waals surface area contributed by atoms with Crippen molar-refractivity contribution in [3.63, 3.8) is 0 Å². The number of aromatic nitrogens is 1. The van der Waals surface area contributed by atoms with Gasteiger partial charge in [-0.3, -0.25) is 9.78 Å². The minimum Gasteiger partial charge on any atom is -0.406 e. The SMILES string of the molecule is O=C(NCc1ccncc1)c1ccc(OC(F)(F)F)cc1. The maximum atomic E-state index is 12.0. The monoisotopic (exact) mass is 296 g/mol.